The predicted molar refractivity (Wildman–Crippen MR) is 105 cm³/mol. The van der Waals surface area contributed by atoms with Crippen LogP contribution in [0.4, 0.5) is 0 Å². The Balaban J connectivity index is 1.84. The lowest BCUT2D eigenvalue weighted by atomic mass is 9.99. The van der Waals surface area contributed by atoms with Crippen molar-refractivity contribution in [2.75, 3.05) is 19.8 Å². The summed E-state index contributed by atoms with van der Waals surface area (Å²) in [5.41, 5.74) is 6.31. The lowest BCUT2D eigenvalue weighted by Gasteiger charge is -2.12. The standard InChI is InChI=1S/C22H29NO2/c1-5-24-14-6-13-23-15-20-8-11-22(12-9-20)25-16-21-10-7-17(2)18(3)19(21)4/h7-12,15H,5-6,13-14,16H2,1-4H3. The normalized spacial score (nSPS) is 11.2. The van der Waals surface area contributed by atoms with Crippen LogP contribution in [-0.2, 0) is 11.3 Å². The van der Waals surface area contributed by atoms with Gasteiger partial charge in [0.15, 0.2) is 0 Å². The van der Waals surface area contributed by atoms with Gasteiger partial charge in [-0.15, -0.1) is 0 Å². The number of rotatable bonds is 9. The van der Waals surface area contributed by atoms with Crippen molar-refractivity contribution < 1.29 is 9.47 Å². The largest absolute Gasteiger partial charge is 0.489 e. The Hall–Kier alpha value is -2.13. The summed E-state index contributed by atoms with van der Waals surface area (Å²) in [6, 6.07) is 12.4. The molecule has 0 saturated carbocycles. The maximum absolute atomic E-state index is 5.93. The Labute approximate surface area is 151 Å². The summed E-state index contributed by atoms with van der Waals surface area (Å²) >= 11 is 0. The van der Waals surface area contributed by atoms with Gasteiger partial charge >= 0.3 is 0 Å². The monoisotopic (exact) mass is 339 g/mol. The quantitative estimate of drug-likeness (QED) is 0.473. The minimum atomic E-state index is 0.595. The van der Waals surface area contributed by atoms with E-state index in [1.165, 1.54) is 22.3 Å². The minimum Gasteiger partial charge on any atom is -0.489 e. The highest BCUT2D eigenvalue weighted by Gasteiger charge is 2.04. The molecule has 0 amide bonds. The van der Waals surface area contributed by atoms with Crippen molar-refractivity contribution in [1.82, 2.24) is 0 Å². The zero-order valence-electron chi connectivity index (χ0n) is 15.8. The maximum Gasteiger partial charge on any atom is 0.119 e. The summed E-state index contributed by atoms with van der Waals surface area (Å²) in [5.74, 6) is 0.881. The van der Waals surface area contributed by atoms with Crippen LogP contribution in [0.25, 0.3) is 0 Å². The maximum atomic E-state index is 5.93. The van der Waals surface area contributed by atoms with Crippen LogP contribution in [0.2, 0.25) is 0 Å². The van der Waals surface area contributed by atoms with E-state index >= 15 is 0 Å². The van der Waals surface area contributed by atoms with E-state index in [1.807, 2.05) is 37.4 Å². The molecule has 3 nitrogen and oxygen atoms in total. The van der Waals surface area contributed by atoms with Crippen molar-refractivity contribution in [3.63, 3.8) is 0 Å². The predicted octanol–water partition coefficient (Wildman–Crippen LogP) is 5.04. The summed E-state index contributed by atoms with van der Waals surface area (Å²) in [6.07, 6.45) is 2.87. The van der Waals surface area contributed by atoms with Crippen molar-refractivity contribution in [3.05, 3.63) is 64.2 Å². The first-order chi connectivity index (χ1) is 12.1. The van der Waals surface area contributed by atoms with Crippen molar-refractivity contribution in [2.24, 2.45) is 4.99 Å². The van der Waals surface area contributed by atoms with Gasteiger partial charge in [0.25, 0.3) is 0 Å². The second kappa shape index (κ2) is 10.00. The number of ether oxygens (including phenoxy) is 2. The molecule has 25 heavy (non-hydrogen) atoms. The van der Waals surface area contributed by atoms with Gasteiger partial charge in [-0.3, -0.25) is 4.99 Å². The molecule has 0 aliphatic heterocycles. The first-order valence-corrected chi connectivity index (χ1v) is 8.98. The van der Waals surface area contributed by atoms with Crippen LogP contribution in [0, 0.1) is 20.8 Å². The van der Waals surface area contributed by atoms with E-state index in [1.54, 1.807) is 0 Å². The third kappa shape index (κ3) is 6.02. The number of nitrogens with zero attached hydrogens (tertiary/aromatic N) is 1. The SMILES string of the molecule is CCOCCCN=Cc1ccc(OCc2ccc(C)c(C)c2C)cc1. The van der Waals surface area contributed by atoms with Crippen LogP contribution in [0.1, 0.15) is 41.2 Å². The average molecular weight is 339 g/mol. The zero-order valence-corrected chi connectivity index (χ0v) is 15.8. The molecule has 0 aliphatic carbocycles. The second-order valence-electron chi connectivity index (χ2n) is 6.24. The van der Waals surface area contributed by atoms with Gasteiger partial charge in [-0.2, -0.15) is 0 Å². The van der Waals surface area contributed by atoms with E-state index in [9.17, 15) is 0 Å². The fourth-order valence-corrected chi connectivity index (χ4v) is 2.55. The highest BCUT2D eigenvalue weighted by molar-refractivity contribution is 5.79. The lowest BCUT2D eigenvalue weighted by Crippen LogP contribution is -2.00. The number of aryl methyl sites for hydroxylation is 1. The van der Waals surface area contributed by atoms with Gasteiger partial charge < -0.3 is 9.47 Å². The Kier molecular flexibility index (Phi) is 7.68. The molecule has 0 bridgehead atoms. The molecular weight excluding hydrogens is 310 g/mol. The van der Waals surface area contributed by atoms with Crippen molar-refractivity contribution >= 4 is 6.21 Å². The van der Waals surface area contributed by atoms with Crippen LogP contribution in [0.5, 0.6) is 5.75 Å². The smallest absolute Gasteiger partial charge is 0.119 e. The minimum absolute atomic E-state index is 0.595. The second-order valence-corrected chi connectivity index (χ2v) is 6.24. The molecule has 0 heterocycles. The molecule has 0 aliphatic rings. The first kappa shape index (κ1) is 19.2. The van der Waals surface area contributed by atoms with E-state index in [-0.39, 0.29) is 0 Å². The molecule has 0 fully saturated rings. The van der Waals surface area contributed by atoms with Gasteiger partial charge in [-0.25, -0.2) is 0 Å². The molecule has 2 aromatic rings. The third-order valence-electron chi connectivity index (χ3n) is 4.47. The van der Waals surface area contributed by atoms with E-state index < -0.39 is 0 Å². The molecule has 0 spiro atoms. The summed E-state index contributed by atoms with van der Waals surface area (Å²) in [4.78, 5) is 4.42. The Morgan fingerprint density at radius 1 is 0.960 bits per heavy atom. The summed E-state index contributed by atoms with van der Waals surface area (Å²) in [7, 11) is 0. The molecule has 0 N–H and O–H groups in total. The molecule has 0 aromatic heterocycles. The summed E-state index contributed by atoms with van der Waals surface area (Å²) in [6.45, 7) is 11.4. The Morgan fingerprint density at radius 2 is 1.72 bits per heavy atom. The fraction of sp³-hybridized carbons (Fsp3) is 0.409. The molecule has 2 rings (SSSR count). The van der Waals surface area contributed by atoms with Gasteiger partial charge in [0.1, 0.15) is 12.4 Å². The highest BCUT2D eigenvalue weighted by Crippen LogP contribution is 2.19. The van der Waals surface area contributed by atoms with Gasteiger partial charge in [0.05, 0.1) is 0 Å². The van der Waals surface area contributed by atoms with Gasteiger partial charge in [0, 0.05) is 26.0 Å². The average Bonchev–Trinajstić information content (AvgIpc) is 2.63. The molecular formula is C22H29NO2. The molecule has 134 valence electrons. The first-order valence-electron chi connectivity index (χ1n) is 8.98. The van der Waals surface area contributed by atoms with Gasteiger partial charge in [0.2, 0.25) is 0 Å². The van der Waals surface area contributed by atoms with E-state index in [4.69, 9.17) is 9.47 Å². The molecule has 2 aromatic carbocycles. The molecule has 0 saturated heterocycles. The summed E-state index contributed by atoms with van der Waals surface area (Å²) in [5, 5.41) is 0. The van der Waals surface area contributed by atoms with Crippen LogP contribution in [0.3, 0.4) is 0 Å². The zero-order chi connectivity index (χ0) is 18.1. The van der Waals surface area contributed by atoms with Gasteiger partial charge in [-0.1, -0.05) is 12.1 Å². The van der Waals surface area contributed by atoms with Crippen molar-refractivity contribution in [3.8, 4) is 5.75 Å². The number of benzene rings is 2. The molecule has 0 unspecified atom stereocenters. The van der Waals surface area contributed by atoms with E-state index in [2.05, 4.69) is 37.9 Å². The number of aliphatic imine (C=N–C) groups is 1. The molecule has 3 heteroatoms. The van der Waals surface area contributed by atoms with E-state index in [0.717, 1.165) is 37.5 Å². The third-order valence-corrected chi connectivity index (χ3v) is 4.47. The lowest BCUT2D eigenvalue weighted by molar-refractivity contribution is 0.146. The highest BCUT2D eigenvalue weighted by atomic mass is 16.5. The number of hydrogen-bond acceptors (Lipinski definition) is 3. The topological polar surface area (TPSA) is 30.8 Å². The Bertz CT molecular complexity index is 690. The van der Waals surface area contributed by atoms with Crippen molar-refractivity contribution in [2.45, 2.75) is 40.7 Å². The van der Waals surface area contributed by atoms with E-state index in [0.29, 0.717) is 6.61 Å². The van der Waals surface area contributed by atoms with Gasteiger partial charge in [-0.05, 0) is 86.2 Å². The van der Waals surface area contributed by atoms with Crippen LogP contribution in [0.15, 0.2) is 41.4 Å². The summed E-state index contributed by atoms with van der Waals surface area (Å²) < 4.78 is 11.2. The van der Waals surface area contributed by atoms with Crippen LogP contribution < -0.4 is 4.74 Å². The number of hydrogen-bond donors (Lipinski definition) is 0. The van der Waals surface area contributed by atoms with Crippen LogP contribution in [-0.4, -0.2) is 26.0 Å². The molecule has 0 radical (unpaired) electrons. The molecule has 0 atom stereocenters. The fourth-order valence-electron chi connectivity index (χ4n) is 2.55. The Morgan fingerprint density at radius 3 is 2.44 bits per heavy atom. The van der Waals surface area contributed by atoms with Crippen molar-refractivity contribution in [1.29, 1.82) is 0 Å². The van der Waals surface area contributed by atoms with Crippen LogP contribution >= 0.6 is 0 Å².